The molecule has 0 aromatic heterocycles. The van der Waals surface area contributed by atoms with E-state index < -0.39 is 0 Å². The molecule has 1 aromatic rings. The third-order valence-electron chi connectivity index (χ3n) is 5.12. The SMILES string of the molecule is CC.CNCCCC1(C2=Cc3ccccc3CC2)CCC1. The maximum absolute atomic E-state index is 3.29. The van der Waals surface area contributed by atoms with Crippen molar-refractivity contribution in [2.45, 2.75) is 58.8 Å². The first-order valence-electron chi connectivity index (χ1n) is 8.78. The van der Waals surface area contributed by atoms with E-state index in [0.29, 0.717) is 5.41 Å². The Kier molecular flexibility index (Phi) is 6.05. The van der Waals surface area contributed by atoms with Crippen molar-refractivity contribution < 1.29 is 0 Å². The summed E-state index contributed by atoms with van der Waals surface area (Å²) < 4.78 is 0. The molecule has 1 saturated carbocycles. The van der Waals surface area contributed by atoms with Crippen LogP contribution in [0.3, 0.4) is 0 Å². The second kappa shape index (κ2) is 7.79. The van der Waals surface area contributed by atoms with Crippen LogP contribution in [0, 0.1) is 5.41 Å². The maximum atomic E-state index is 3.29. The second-order valence-corrected chi connectivity index (χ2v) is 6.21. The molecule has 21 heavy (non-hydrogen) atoms. The summed E-state index contributed by atoms with van der Waals surface area (Å²) in [6.45, 7) is 5.16. The van der Waals surface area contributed by atoms with Crippen LogP contribution in [0.4, 0.5) is 0 Å². The van der Waals surface area contributed by atoms with Crippen molar-refractivity contribution in [1.29, 1.82) is 0 Å². The van der Waals surface area contributed by atoms with E-state index in [1.54, 1.807) is 5.57 Å². The molecule has 1 aromatic carbocycles. The fraction of sp³-hybridized carbons (Fsp3) is 0.600. The van der Waals surface area contributed by atoms with Crippen LogP contribution in [0.1, 0.15) is 63.5 Å². The number of fused-ring (bicyclic) bond motifs is 1. The molecule has 2 aliphatic carbocycles. The molecule has 0 spiro atoms. The van der Waals surface area contributed by atoms with E-state index in [2.05, 4.69) is 42.7 Å². The molecular weight excluding hydrogens is 254 g/mol. The minimum atomic E-state index is 0.560. The van der Waals surface area contributed by atoms with Crippen molar-refractivity contribution in [2.24, 2.45) is 5.41 Å². The highest BCUT2D eigenvalue weighted by molar-refractivity contribution is 5.61. The molecule has 1 fully saturated rings. The minimum absolute atomic E-state index is 0.560. The third-order valence-corrected chi connectivity index (χ3v) is 5.12. The average Bonchev–Trinajstić information content (AvgIpc) is 2.51. The summed E-state index contributed by atoms with van der Waals surface area (Å²) in [6.07, 6.45) is 12.0. The van der Waals surface area contributed by atoms with E-state index in [0.717, 1.165) is 6.54 Å². The molecule has 0 atom stereocenters. The Morgan fingerprint density at radius 3 is 2.52 bits per heavy atom. The highest BCUT2D eigenvalue weighted by atomic mass is 14.8. The van der Waals surface area contributed by atoms with Crippen LogP contribution in [0.2, 0.25) is 0 Å². The smallest absolute Gasteiger partial charge is 0.00516 e. The van der Waals surface area contributed by atoms with Gasteiger partial charge in [0.2, 0.25) is 0 Å². The topological polar surface area (TPSA) is 12.0 Å². The third kappa shape index (κ3) is 3.58. The summed E-state index contributed by atoms with van der Waals surface area (Å²) in [5.41, 5.74) is 5.32. The normalized spacial score (nSPS) is 18.7. The summed E-state index contributed by atoms with van der Waals surface area (Å²) in [7, 11) is 2.06. The molecule has 0 aliphatic heterocycles. The van der Waals surface area contributed by atoms with Crippen molar-refractivity contribution >= 4 is 6.08 Å². The summed E-state index contributed by atoms with van der Waals surface area (Å²) in [6, 6.07) is 8.92. The van der Waals surface area contributed by atoms with E-state index in [1.165, 1.54) is 56.1 Å². The maximum Gasteiger partial charge on any atom is -0.00516 e. The zero-order chi connectivity index (χ0) is 15.1. The fourth-order valence-electron chi connectivity index (χ4n) is 3.79. The lowest BCUT2D eigenvalue weighted by Crippen LogP contribution is -2.33. The minimum Gasteiger partial charge on any atom is -0.320 e. The van der Waals surface area contributed by atoms with Crippen LogP contribution in [-0.2, 0) is 6.42 Å². The number of benzene rings is 1. The zero-order valence-corrected chi connectivity index (χ0v) is 14.0. The van der Waals surface area contributed by atoms with Gasteiger partial charge in [0.25, 0.3) is 0 Å². The van der Waals surface area contributed by atoms with Crippen LogP contribution in [0.25, 0.3) is 6.08 Å². The number of rotatable bonds is 5. The Labute approximate surface area is 130 Å². The van der Waals surface area contributed by atoms with Crippen molar-refractivity contribution in [3.63, 3.8) is 0 Å². The largest absolute Gasteiger partial charge is 0.320 e. The first-order chi connectivity index (χ1) is 10.3. The van der Waals surface area contributed by atoms with E-state index >= 15 is 0 Å². The van der Waals surface area contributed by atoms with Crippen molar-refractivity contribution in [2.75, 3.05) is 13.6 Å². The van der Waals surface area contributed by atoms with Crippen LogP contribution in [0.15, 0.2) is 29.8 Å². The van der Waals surface area contributed by atoms with Gasteiger partial charge in [-0.05, 0) is 68.7 Å². The second-order valence-electron chi connectivity index (χ2n) is 6.21. The molecule has 0 heterocycles. The molecule has 1 nitrogen and oxygen atoms in total. The van der Waals surface area contributed by atoms with Gasteiger partial charge in [-0.25, -0.2) is 0 Å². The van der Waals surface area contributed by atoms with E-state index in [1.807, 2.05) is 13.8 Å². The highest BCUT2D eigenvalue weighted by Crippen LogP contribution is 2.53. The molecular formula is C20H31N. The Morgan fingerprint density at radius 2 is 1.86 bits per heavy atom. The number of aryl methyl sites for hydroxylation is 1. The van der Waals surface area contributed by atoms with Crippen molar-refractivity contribution in [1.82, 2.24) is 5.32 Å². The lowest BCUT2D eigenvalue weighted by Gasteiger charge is -2.45. The van der Waals surface area contributed by atoms with Gasteiger partial charge in [-0.15, -0.1) is 0 Å². The summed E-state index contributed by atoms with van der Waals surface area (Å²) in [5, 5.41) is 3.29. The van der Waals surface area contributed by atoms with Crippen molar-refractivity contribution in [3.8, 4) is 0 Å². The van der Waals surface area contributed by atoms with Gasteiger partial charge in [0.1, 0.15) is 0 Å². The van der Waals surface area contributed by atoms with Gasteiger partial charge in [-0.2, -0.15) is 0 Å². The van der Waals surface area contributed by atoms with Crippen molar-refractivity contribution in [3.05, 3.63) is 41.0 Å². The molecule has 2 aliphatic rings. The standard InChI is InChI=1S/C18H25N.C2H6/c1-19-13-5-12-18(10-4-11-18)17-9-8-15-6-2-3-7-16(15)14-17;1-2/h2-3,6-7,14,19H,4-5,8-13H2,1H3;1-2H3. The van der Waals surface area contributed by atoms with Gasteiger partial charge in [0.15, 0.2) is 0 Å². The van der Waals surface area contributed by atoms with E-state index in [9.17, 15) is 0 Å². The predicted octanol–water partition coefficient (Wildman–Crippen LogP) is 5.21. The molecule has 3 rings (SSSR count). The summed E-state index contributed by atoms with van der Waals surface area (Å²) in [5.74, 6) is 0. The Hall–Kier alpha value is -1.08. The van der Waals surface area contributed by atoms with Crippen LogP contribution < -0.4 is 5.32 Å². The number of hydrogen-bond donors (Lipinski definition) is 1. The van der Waals surface area contributed by atoms with Gasteiger partial charge in [0, 0.05) is 0 Å². The fourth-order valence-corrected chi connectivity index (χ4v) is 3.79. The molecule has 0 bridgehead atoms. The Morgan fingerprint density at radius 1 is 1.10 bits per heavy atom. The monoisotopic (exact) mass is 285 g/mol. The van der Waals surface area contributed by atoms with Gasteiger partial charge in [-0.3, -0.25) is 0 Å². The van der Waals surface area contributed by atoms with Gasteiger partial charge in [0.05, 0.1) is 0 Å². The van der Waals surface area contributed by atoms with Gasteiger partial charge < -0.3 is 5.32 Å². The van der Waals surface area contributed by atoms with Crippen LogP contribution in [-0.4, -0.2) is 13.6 Å². The Balaban J connectivity index is 0.000000774. The lowest BCUT2D eigenvalue weighted by atomic mass is 9.59. The highest BCUT2D eigenvalue weighted by Gasteiger charge is 2.39. The molecule has 0 unspecified atom stereocenters. The number of allylic oxidation sites excluding steroid dienone is 1. The molecule has 116 valence electrons. The average molecular weight is 285 g/mol. The van der Waals surface area contributed by atoms with E-state index in [-0.39, 0.29) is 0 Å². The van der Waals surface area contributed by atoms with E-state index in [4.69, 9.17) is 0 Å². The van der Waals surface area contributed by atoms with Crippen LogP contribution in [0.5, 0.6) is 0 Å². The van der Waals surface area contributed by atoms with Gasteiger partial charge >= 0.3 is 0 Å². The predicted molar refractivity (Wildman–Crippen MR) is 93.5 cm³/mol. The quantitative estimate of drug-likeness (QED) is 0.732. The van der Waals surface area contributed by atoms with Crippen LogP contribution >= 0.6 is 0 Å². The molecule has 1 N–H and O–H groups in total. The molecule has 1 heteroatoms. The first kappa shape index (κ1) is 16.3. The molecule has 0 saturated heterocycles. The lowest BCUT2D eigenvalue weighted by molar-refractivity contribution is 0.161. The Bertz CT molecular complexity index is 468. The number of hydrogen-bond acceptors (Lipinski definition) is 1. The number of nitrogens with one attached hydrogen (secondary N) is 1. The first-order valence-corrected chi connectivity index (χ1v) is 8.78. The summed E-state index contributed by atoms with van der Waals surface area (Å²) >= 11 is 0. The molecule has 0 amide bonds. The molecule has 0 radical (unpaired) electrons. The summed E-state index contributed by atoms with van der Waals surface area (Å²) in [4.78, 5) is 0. The van der Waals surface area contributed by atoms with Gasteiger partial charge in [-0.1, -0.05) is 56.2 Å². The zero-order valence-electron chi connectivity index (χ0n) is 14.0.